The van der Waals surface area contributed by atoms with E-state index in [-0.39, 0.29) is 12.0 Å². The quantitative estimate of drug-likeness (QED) is 0.509. The van der Waals surface area contributed by atoms with Crippen LogP contribution in [0.15, 0.2) is 47.1 Å². The molecule has 8 heteroatoms. The number of carbonyl (C=O) groups excluding carboxylic acids is 3. The Balaban J connectivity index is 1.49. The Morgan fingerprint density at radius 2 is 1.83 bits per heavy atom. The van der Waals surface area contributed by atoms with Crippen molar-refractivity contribution in [2.24, 2.45) is 0 Å². The molecule has 150 valence electrons. The Kier molecular flexibility index (Phi) is 5.92. The molecule has 0 aliphatic rings. The van der Waals surface area contributed by atoms with Gasteiger partial charge in [0.1, 0.15) is 11.4 Å². The zero-order valence-electron chi connectivity index (χ0n) is 15.9. The van der Waals surface area contributed by atoms with Crippen molar-refractivity contribution in [2.45, 2.75) is 20.3 Å². The summed E-state index contributed by atoms with van der Waals surface area (Å²) < 4.78 is 24.0. The van der Waals surface area contributed by atoms with Crippen LogP contribution in [0.3, 0.4) is 0 Å². The lowest BCUT2D eigenvalue weighted by Gasteiger charge is -2.08. The SMILES string of the molecule is Cc1ccc2c(CC(=O)OCC(=O)NNC(=O)c3ccccc3F)coc2c1C. The number of carbonyl (C=O) groups is 3. The summed E-state index contributed by atoms with van der Waals surface area (Å²) in [6.07, 6.45) is 1.43. The standard InChI is InChI=1S/C21H19FN2O5/c1-12-7-8-15-14(10-29-20(15)13(12)2)9-19(26)28-11-18(25)23-24-21(27)16-5-3-4-6-17(16)22/h3-8,10H,9,11H2,1-2H3,(H,23,25)(H,24,27). The Bertz CT molecular complexity index is 1090. The number of aryl methyl sites for hydroxylation is 2. The predicted molar refractivity (Wildman–Crippen MR) is 102 cm³/mol. The first-order valence-corrected chi connectivity index (χ1v) is 8.82. The van der Waals surface area contributed by atoms with E-state index in [4.69, 9.17) is 9.15 Å². The number of esters is 1. The topological polar surface area (TPSA) is 97.6 Å². The molecular weight excluding hydrogens is 379 g/mol. The van der Waals surface area contributed by atoms with E-state index >= 15 is 0 Å². The number of nitrogens with one attached hydrogen (secondary N) is 2. The molecule has 0 fully saturated rings. The van der Waals surface area contributed by atoms with Crippen LogP contribution in [-0.4, -0.2) is 24.4 Å². The maximum atomic E-state index is 13.5. The highest BCUT2D eigenvalue weighted by molar-refractivity contribution is 5.96. The first kappa shape index (κ1) is 20.1. The van der Waals surface area contributed by atoms with E-state index in [9.17, 15) is 18.8 Å². The lowest BCUT2D eigenvalue weighted by atomic mass is 10.0. The molecule has 29 heavy (non-hydrogen) atoms. The average Bonchev–Trinajstić information content (AvgIpc) is 3.11. The van der Waals surface area contributed by atoms with Gasteiger partial charge in [-0.25, -0.2) is 4.39 Å². The van der Waals surface area contributed by atoms with Crippen molar-refractivity contribution in [1.82, 2.24) is 10.9 Å². The number of ether oxygens (including phenoxy) is 1. The Morgan fingerprint density at radius 3 is 2.59 bits per heavy atom. The molecule has 0 saturated carbocycles. The number of rotatable bonds is 5. The van der Waals surface area contributed by atoms with Gasteiger partial charge in [0.2, 0.25) is 0 Å². The van der Waals surface area contributed by atoms with Crippen molar-refractivity contribution >= 4 is 28.8 Å². The largest absolute Gasteiger partial charge is 0.464 e. The van der Waals surface area contributed by atoms with Gasteiger partial charge in [0.05, 0.1) is 18.2 Å². The first-order valence-electron chi connectivity index (χ1n) is 8.82. The molecule has 2 aromatic carbocycles. The van der Waals surface area contributed by atoms with E-state index in [2.05, 4.69) is 10.9 Å². The second kappa shape index (κ2) is 8.55. The van der Waals surface area contributed by atoms with E-state index < -0.39 is 30.2 Å². The summed E-state index contributed by atoms with van der Waals surface area (Å²) in [5.74, 6) is -2.92. The highest BCUT2D eigenvalue weighted by atomic mass is 19.1. The smallest absolute Gasteiger partial charge is 0.310 e. The minimum Gasteiger partial charge on any atom is -0.464 e. The number of hydrazine groups is 1. The van der Waals surface area contributed by atoms with E-state index in [1.54, 1.807) is 0 Å². The first-order chi connectivity index (χ1) is 13.9. The number of halogens is 1. The van der Waals surface area contributed by atoms with Crippen LogP contribution in [-0.2, 0) is 20.7 Å². The molecule has 0 aliphatic carbocycles. The molecule has 0 radical (unpaired) electrons. The summed E-state index contributed by atoms with van der Waals surface area (Å²) in [6, 6.07) is 9.14. The number of hydrogen-bond acceptors (Lipinski definition) is 5. The van der Waals surface area contributed by atoms with Crippen molar-refractivity contribution in [3.8, 4) is 0 Å². The third-order valence-electron chi connectivity index (χ3n) is 4.47. The van der Waals surface area contributed by atoms with Crippen LogP contribution in [0, 0.1) is 19.7 Å². The molecule has 1 aromatic heterocycles. The number of hydrogen-bond donors (Lipinski definition) is 2. The van der Waals surface area contributed by atoms with Gasteiger partial charge in [-0.2, -0.15) is 0 Å². The third-order valence-corrected chi connectivity index (χ3v) is 4.47. The molecule has 0 bridgehead atoms. The summed E-state index contributed by atoms with van der Waals surface area (Å²) in [5, 5.41) is 0.812. The van der Waals surface area contributed by atoms with Crippen LogP contribution in [0.25, 0.3) is 11.0 Å². The highest BCUT2D eigenvalue weighted by Crippen LogP contribution is 2.26. The summed E-state index contributed by atoms with van der Waals surface area (Å²) in [6.45, 7) is 3.31. The van der Waals surface area contributed by atoms with Gasteiger partial charge in [-0.05, 0) is 37.1 Å². The van der Waals surface area contributed by atoms with Crippen molar-refractivity contribution in [3.05, 3.63) is 70.7 Å². The van der Waals surface area contributed by atoms with Crippen LogP contribution >= 0.6 is 0 Å². The average molecular weight is 398 g/mol. The minimum absolute atomic E-state index is 0.0651. The molecular formula is C21H19FN2O5. The van der Waals surface area contributed by atoms with Gasteiger partial charge in [0.25, 0.3) is 11.8 Å². The molecule has 7 nitrogen and oxygen atoms in total. The summed E-state index contributed by atoms with van der Waals surface area (Å²) in [7, 11) is 0. The van der Waals surface area contributed by atoms with Crippen molar-refractivity contribution in [2.75, 3.05) is 6.61 Å². The van der Waals surface area contributed by atoms with E-state index in [1.807, 2.05) is 26.0 Å². The van der Waals surface area contributed by atoms with Crippen LogP contribution in [0.2, 0.25) is 0 Å². The number of amides is 2. The summed E-state index contributed by atoms with van der Waals surface area (Å²) in [5.41, 5.74) is 7.34. The molecule has 2 amide bonds. The van der Waals surface area contributed by atoms with Gasteiger partial charge in [0.15, 0.2) is 6.61 Å². The van der Waals surface area contributed by atoms with Crippen LogP contribution < -0.4 is 10.9 Å². The molecule has 0 unspecified atom stereocenters. The Labute approximate surface area is 165 Å². The normalized spacial score (nSPS) is 10.6. The number of fused-ring (bicyclic) bond motifs is 1. The van der Waals surface area contributed by atoms with Gasteiger partial charge in [-0.15, -0.1) is 0 Å². The molecule has 0 saturated heterocycles. The molecule has 3 rings (SSSR count). The maximum absolute atomic E-state index is 13.5. The zero-order valence-corrected chi connectivity index (χ0v) is 15.9. The van der Waals surface area contributed by atoms with Crippen molar-refractivity contribution < 1.29 is 27.9 Å². The van der Waals surface area contributed by atoms with Gasteiger partial charge in [-0.1, -0.05) is 24.3 Å². The third kappa shape index (κ3) is 4.60. The van der Waals surface area contributed by atoms with Crippen molar-refractivity contribution in [3.63, 3.8) is 0 Å². The fourth-order valence-corrected chi connectivity index (χ4v) is 2.75. The lowest BCUT2D eigenvalue weighted by molar-refractivity contribution is -0.148. The minimum atomic E-state index is -0.821. The summed E-state index contributed by atoms with van der Waals surface area (Å²) >= 11 is 0. The number of benzene rings is 2. The van der Waals surface area contributed by atoms with Crippen molar-refractivity contribution in [1.29, 1.82) is 0 Å². The van der Waals surface area contributed by atoms with E-state index in [0.29, 0.717) is 11.1 Å². The van der Waals surface area contributed by atoms with Crippen LogP contribution in [0.4, 0.5) is 4.39 Å². The van der Waals surface area contributed by atoms with Crippen LogP contribution in [0.5, 0.6) is 0 Å². The second-order valence-corrected chi connectivity index (χ2v) is 6.46. The van der Waals surface area contributed by atoms with Crippen LogP contribution in [0.1, 0.15) is 27.0 Å². The fourth-order valence-electron chi connectivity index (χ4n) is 2.75. The second-order valence-electron chi connectivity index (χ2n) is 6.46. The Morgan fingerprint density at radius 1 is 1.07 bits per heavy atom. The zero-order chi connectivity index (χ0) is 21.0. The van der Waals surface area contributed by atoms with E-state index in [1.165, 1.54) is 24.5 Å². The highest BCUT2D eigenvalue weighted by Gasteiger charge is 2.16. The van der Waals surface area contributed by atoms with Gasteiger partial charge in [-0.3, -0.25) is 25.2 Å². The molecule has 2 N–H and O–H groups in total. The number of furan rings is 1. The van der Waals surface area contributed by atoms with E-state index in [0.717, 1.165) is 22.6 Å². The predicted octanol–water partition coefficient (Wildman–Crippen LogP) is 2.74. The van der Waals surface area contributed by atoms with Gasteiger partial charge in [0, 0.05) is 10.9 Å². The van der Waals surface area contributed by atoms with Gasteiger partial charge < -0.3 is 9.15 Å². The molecule has 0 spiro atoms. The Hall–Kier alpha value is -3.68. The molecule has 1 heterocycles. The summed E-state index contributed by atoms with van der Waals surface area (Å²) in [4.78, 5) is 35.6. The molecule has 3 aromatic rings. The molecule has 0 aliphatic heterocycles. The maximum Gasteiger partial charge on any atom is 0.310 e. The lowest BCUT2D eigenvalue weighted by Crippen LogP contribution is -2.43. The molecule has 0 atom stereocenters. The fraction of sp³-hybridized carbons (Fsp3) is 0.190. The van der Waals surface area contributed by atoms with Gasteiger partial charge >= 0.3 is 5.97 Å². The monoisotopic (exact) mass is 398 g/mol.